The zero-order valence-corrected chi connectivity index (χ0v) is 13.3. The van der Waals surface area contributed by atoms with Gasteiger partial charge in [-0.2, -0.15) is 0 Å². The molecule has 0 aliphatic carbocycles. The van der Waals surface area contributed by atoms with Crippen molar-refractivity contribution in [2.45, 2.75) is 0 Å². The van der Waals surface area contributed by atoms with Crippen LogP contribution in [0.5, 0.6) is 0 Å². The minimum Gasteiger partial charge on any atom is -0.378 e. The number of pyridine rings is 1. The maximum atomic E-state index is 12.2. The lowest BCUT2D eigenvalue weighted by atomic mass is 10.1. The number of benzene rings is 1. The molecule has 7 heteroatoms. The van der Waals surface area contributed by atoms with Gasteiger partial charge in [0, 0.05) is 31.5 Å². The predicted molar refractivity (Wildman–Crippen MR) is 93.4 cm³/mol. The van der Waals surface area contributed by atoms with Crippen molar-refractivity contribution in [2.24, 2.45) is 0 Å². The zero-order valence-electron chi connectivity index (χ0n) is 13.3. The molecule has 1 aromatic carbocycles. The predicted octanol–water partition coefficient (Wildman–Crippen LogP) is 2.08. The van der Waals surface area contributed by atoms with Crippen LogP contribution in [0, 0.1) is 0 Å². The van der Waals surface area contributed by atoms with Crippen molar-refractivity contribution in [3.8, 4) is 11.3 Å². The Morgan fingerprint density at radius 1 is 1.08 bits per heavy atom. The van der Waals surface area contributed by atoms with E-state index in [4.69, 9.17) is 0 Å². The minimum absolute atomic E-state index is 0.170. The highest BCUT2D eigenvalue weighted by Crippen LogP contribution is 2.25. The van der Waals surface area contributed by atoms with E-state index in [1.54, 1.807) is 18.2 Å². The molecule has 2 aromatic heterocycles. The summed E-state index contributed by atoms with van der Waals surface area (Å²) in [5.74, 6) is -0.438. The Bertz CT molecular complexity index is 895. The number of hydrogen-bond donors (Lipinski definition) is 3. The normalized spacial score (nSPS) is 10.4. The summed E-state index contributed by atoms with van der Waals surface area (Å²) in [4.78, 5) is 30.2. The third-order valence-electron chi connectivity index (χ3n) is 3.59. The summed E-state index contributed by atoms with van der Waals surface area (Å²) in [6.45, 7) is 0. The quantitative estimate of drug-likeness (QED) is 0.685. The summed E-state index contributed by atoms with van der Waals surface area (Å²) in [5.41, 5.74) is 2.36. The molecule has 0 aliphatic heterocycles. The largest absolute Gasteiger partial charge is 0.378 e. The van der Waals surface area contributed by atoms with Crippen LogP contribution in [0.2, 0.25) is 0 Å². The number of hydrogen-bond acceptors (Lipinski definition) is 4. The number of nitrogens with one attached hydrogen (secondary N) is 3. The van der Waals surface area contributed by atoms with Crippen LogP contribution in [0.4, 0.5) is 11.4 Å². The summed E-state index contributed by atoms with van der Waals surface area (Å²) in [5, 5.41) is 7.94. The van der Waals surface area contributed by atoms with Crippen LogP contribution in [0.3, 0.4) is 0 Å². The van der Waals surface area contributed by atoms with Gasteiger partial charge in [0.05, 0.1) is 5.69 Å². The van der Waals surface area contributed by atoms with Gasteiger partial charge in [-0.25, -0.2) is 0 Å². The van der Waals surface area contributed by atoms with Crippen LogP contribution in [-0.2, 0) is 0 Å². The molecule has 3 rings (SSSR count). The first-order valence-corrected chi connectivity index (χ1v) is 7.37. The van der Waals surface area contributed by atoms with E-state index in [2.05, 4.69) is 20.5 Å². The van der Waals surface area contributed by atoms with Gasteiger partial charge in [0.25, 0.3) is 11.5 Å². The molecule has 0 unspecified atom stereocenters. The highest BCUT2D eigenvalue weighted by Gasteiger charge is 2.16. The zero-order chi connectivity index (χ0) is 17.1. The average molecular weight is 323 g/mol. The van der Waals surface area contributed by atoms with Crippen LogP contribution in [-0.4, -0.2) is 35.2 Å². The van der Waals surface area contributed by atoms with E-state index >= 15 is 0 Å². The van der Waals surface area contributed by atoms with E-state index in [1.165, 1.54) is 6.20 Å². The molecule has 1 amide bonds. The standard InChI is InChI=1S/C17H17N5O2/c1-22(2)12-8-6-11(7-9-12)14-15(17(24)21-20-14)19-16(23)13-5-3-4-10-18-13/h3-10H,1-2H3,(H,19,23)(H2,20,21,24). The van der Waals surface area contributed by atoms with Crippen LogP contribution >= 0.6 is 0 Å². The van der Waals surface area contributed by atoms with Crippen LogP contribution in [0.1, 0.15) is 10.5 Å². The Labute approximate surface area is 138 Å². The Hall–Kier alpha value is -3.35. The van der Waals surface area contributed by atoms with Crippen molar-refractivity contribution in [1.29, 1.82) is 0 Å². The van der Waals surface area contributed by atoms with Crippen molar-refractivity contribution >= 4 is 17.3 Å². The minimum atomic E-state index is -0.438. The van der Waals surface area contributed by atoms with Crippen molar-refractivity contribution in [3.63, 3.8) is 0 Å². The summed E-state index contributed by atoms with van der Waals surface area (Å²) >= 11 is 0. The second kappa shape index (κ2) is 6.41. The molecule has 7 nitrogen and oxygen atoms in total. The van der Waals surface area contributed by atoms with Crippen molar-refractivity contribution < 1.29 is 4.79 Å². The molecular formula is C17H17N5O2. The number of anilines is 2. The van der Waals surface area contributed by atoms with Gasteiger partial charge in [-0.05, 0) is 24.3 Å². The van der Waals surface area contributed by atoms with E-state index in [0.717, 1.165) is 11.3 Å². The average Bonchev–Trinajstić information content (AvgIpc) is 2.96. The third-order valence-corrected chi connectivity index (χ3v) is 3.59. The van der Waals surface area contributed by atoms with Crippen LogP contribution in [0.25, 0.3) is 11.3 Å². The molecule has 0 spiro atoms. The highest BCUT2D eigenvalue weighted by molar-refractivity contribution is 6.04. The van der Waals surface area contributed by atoms with Crippen molar-refractivity contribution in [2.75, 3.05) is 24.3 Å². The maximum absolute atomic E-state index is 12.2. The molecule has 0 atom stereocenters. The molecule has 0 radical (unpaired) electrons. The van der Waals surface area contributed by atoms with E-state index in [0.29, 0.717) is 5.69 Å². The number of H-pyrrole nitrogens is 2. The lowest BCUT2D eigenvalue weighted by Crippen LogP contribution is -2.18. The molecule has 0 aliphatic rings. The third kappa shape index (κ3) is 3.05. The molecule has 2 heterocycles. The van der Waals surface area contributed by atoms with Crippen LogP contribution in [0.15, 0.2) is 53.5 Å². The first kappa shape index (κ1) is 15.5. The molecule has 3 N–H and O–H groups in total. The fraction of sp³-hybridized carbons (Fsp3) is 0.118. The number of aromatic nitrogens is 3. The molecule has 0 saturated carbocycles. The molecule has 0 fully saturated rings. The van der Waals surface area contributed by atoms with E-state index in [9.17, 15) is 9.59 Å². The SMILES string of the molecule is CN(C)c1ccc(-c2[nH][nH]c(=O)c2NC(=O)c2ccccn2)cc1. The monoisotopic (exact) mass is 323 g/mol. The molecule has 122 valence electrons. The smallest absolute Gasteiger partial charge is 0.288 e. The van der Waals surface area contributed by atoms with E-state index in [-0.39, 0.29) is 11.4 Å². The van der Waals surface area contributed by atoms with Gasteiger partial charge in [0.15, 0.2) is 0 Å². The highest BCUT2D eigenvalue weighted by atomic mass is 16.2. The first-order valence-electron chi connectivity index (χ1n) is 7.37. The summed E-state index contributed by atoms with van der Waals surface area (Å²) < 4.78 is 0. The van der Waals surface area contributed by atoms with Gasteiger partial charge in [-0.15, -0.1) is 0 Å². The Balaban J connectivity index is 1.92. The first-order chi connectivity index (χ1) is 11.6. The molecule has 0 saturated heterocycles. The second-order valence-corrected chi connectivity index (χ2v) is 5.44. The van der Waals surface area contributed by atoms with Gasteiger partial charge in [-0.1, -0.05) is 18.2 Å². The lowest BCUT2D eigenvalue weighted by Gasteiger charge is -2.12. The summed E-state index contributed by atoms with van der Waals surface area (Å²) in [6.07, 6.45) is 1.52. The molecule has 0 bridgehead atoms. The Kier molecular flexibility index (Phi) is 4.15. The number of amides is 1. The lowest BCUT2D eigenvalue weighted by molar-refractivity contribution is 0.102. The van der Waals surface area contributed by atoms with Gasteiger partial charge in [0.1, 0.15) is 11.4 Å². The van der Waals surface area contributed by atoms with Gasteiger partial charge in [-0.3, -0.25) is 24.8 Å². The van der Waals surface area contributed by atoms with Gasteiger partial charge >= 0.3 is 0 Å². The van der Waals surface area contributed by atoms with Crippen LogP contribution < -0.4 is 15.8 Å². The molecular weight excluding hydrogens is 306 g/mol. The summed E-state index contributed by atoms with van der Waals surface area (Å²) in [7, 11) is 3.90. The van der Waals surface area contributed by atoms with Crippen molar-refractivity contribution in [1.82, 2.24) is 15.2 Å². The van der Waals surface area contributed by atoms with E-state index in [1.807, 2.05) is 43.3 Å². The number of carbonyl (C=O) groups excluding carboxylic acids is 1. The maximum Gasteiger partial charge on any atom is 0.288 e. The van der Waals surface area contributed by atoms with Gasteiger partial charge < -0.3 is 10.2 Å². The molecule has 24 heavy (non-hydrogen) atoms. The Morgan fingerprint density at radius 2 is 1.83 bits per heavy atom. The fourth-order valence-electron chi connectivity index (χ4n) is 2.29. The number of aromatic amines is 2. The number of carbonyl (C=O) groups is 1. The Morgan fingerprint density at radius 3 is 2.46 bits per heavy atom. The number of rotatable bonds is 4. The molecule has 3 aromatic rings. The second-order valence-electron chi connectivity index (χ2n) is 5.44. The fourth-order valence-corrected chi connectivity index (χ4v) is 2.29. The number of nitrogens with zero attached hydrogens (tertiary/aromatic N) is 2. The van der Waals surface area contributed by atoms with Crippen molar-refractivity contribution in [3.05, 3.63) is 64.7 Å². The topological polar surface area (TPSA) is 93.9 Å². The summed E-state index contributed by atoms with van der Waals surface area (Å²) in [6, 6.07) is 12.6. The van der Waals surface area contributed by atoms with E-state index < -0.39 is 11.5 Å². The van der Waals surface area contributed by atoms with Gasteiger partial charge in [0.2, 0.25) is 0 Å².